The van der Waals surface area contributed by atoms with Gasteiger partial charge >= 0.3 is 12.6 Å². The smallest absolute Gasteiger partial charge is 0.323 e. The molecule has 19 heavy (non-hydrogen) atoms. The standard InChI is InChI=1S/C15H19ClN2O/c1-5-6-17-10-12-11(2)7-15(3,4)8-13(12)18-14(19)9-16/h1,11H,6-9H2,2-4H3/p+1. The predicted octanol–water partition coefficient (Wildman–Crippen LogP) is 3.02. The zero-order chi connectivity index (χ0) is 14.5. The lowest BCUT2D eigenvalue weighted by Crippen LogP contribution is -2.33. The molecule has 1 atom stereocenters. The highest BCUT2D eigenvalue weighted by Crippen LogP contribution is 2.40. The molecule has 1 aliphatic rings. The van der Waals surface area contributed by atoms with E-state index in [2.05, 4.69) is 42.9 Å². The van der Waals surface area contributed by atoms with Crippen molar-refractivity contribution in [2.45, 2.75) is 33.6 Å². The van der Waals surface area contributed by atoms with E-state index in [-0.39, 0.29) is 23.1 Å². The zero-order valence-electron chi connectivity index (χ0n) is 11.7. The van der Waals surface area contributed by atoms with Crippen LogP contribution >= 0.6 is 11.6 Å². The second-order valence-electron chi connectivity index (χ2n) is 5.65. The molecule has 0 aliphatic heterocycles. The van der Waals surface area contributed by atoms with Crippen LogP contribution in [0.15, 0.2) is 11.3 Å². The van der Waals surface area contributed by atoms with E-state index in [1.165, 1.54) is 0 Å². The monoisotopic (exact) mass is 279 g/mol. The molecule has 1 aliphatic carbocycles. The number of carbonyl (C=O) groups excluding carboxylic acids is 1. The lowest BCUT2D eigenvalue weighted by molar-refractivity contribution is -0.118. The number of halogens is 1. The third kappa shape index (κ3) is 4.62. The van der Waals surface area contributed by atoms with Crippen molar-refractivity contribution in [2.75, 3.05) is 12.4 Å². The van der Waals surface area contributed by atoms with Crippen molar-refractivity contribution in [3.63, 3.8) is 0 Å². The number of allylic oxidation sites excluding steroid dienone is 2. The van der Waals surface area contributed by atoms with Gasteiger partial charge in [-0.25, -0.2) is 0 Å². The normalized spacial score (nSPS) is 21.1. The summed E-state index contributed by atoms with van der Waals surface area (Å²) in [6.45, 7) is 6.79. The maximum Gasteiger partial charge on any atom is 0.323 e. The lowest BCUT2D eigenvalue weighted by atomic mass is 9.72. The van der Waals surface area contributed by atoms with Crippen molar-refractivity contribution in [1.82, 2.24) is 5.32 Å². The minimum atomic E-state index is -0.196. The van der Waals surface area contributed by atoms with Gasteiger partial charge in [-0.3, -0.25) is 4.79 Å². The van der Waals surface area contributed by atoms with Crippen molar-refractivity contribution < 1.29 is 4.79 Å². The van der Waals surface area contributed by atoms with Gasteiger partial charge in [-0.2, -0.15) is 0 Å². The molecule has 0 saturated carbocycles. The number of alkyl halides is 1. The third-order valence-corrected chi connectivity index (χ3v) is 3.36. The molecule has 0 aromatic carbocycles. The minimum Gasteiger partial charge on any atom is -0.328 e. The van der Waals surface area contributed by atoms with Gasteiger partial charge in [-0.05, 0) is 30.1 Å². The fourth-order valence-electron chi connectivity index (χ4n) is 2.54. The highest BCUT2D eigenvalue weighted by Gasteiger charge is 2.34. The Labute approximate surface area is 120 Å². The Balaban J connectivity index is 3.08. The predicted molar refractivity (Wildman–Crippen MR) is 79.0 cm³/mol. The molecule has 0 heterocycles. The number of hydrogen-bond acceptors (Lipinski definition) is 1. The fraction of sp³-hybridized carbons (Fsp3) is 0.600. The lowest BCUT2D eigenvalue weighted by Gasteiger charge is -2.34. The van der Waals surface area contributed by atoms with Gasteiger partial charge in [0.1, 0.15) is 11.5 Å². The van der Waals surface area contributed by atoms with Crippen LogP contribution in [-0.2, 0) is 4.79 Å². The topological polar surface area (TPSA) is 33.5 Å². The van der Waals surface area contributed by atoms with Crippen molar-refractivity contribution in [3.8, 4) is 18.4 Å². The largest absolute Gasteiger partial charge is 0.328 e. The van der Waals surface area contributed by atoms with Gasteiger partial charge in [-0.15, -0.1) is 18.0 Å². The van der Waals surface area contributed by atoms with E-state index in [0.29, 0.717) is 6.54 Å². The van der Waals surface area contributed by atoms with Gasteiger partial charge in [0.25, 0.3) is 0 Å². The number of nitrogens with zero attached hydrogens (tertiary/aromatic N) is 1. The van der Waals surface area contributed by atoms with E-state index in [4.69, 9.17) is 18.0 Å². The summed E-state index contributed by atoms with van der Waals surface area (Å²) in [5, 5.41) is 2.87. The molecule has 102 valence electrons. The van der Waals surface area contributed by atoms with Crippen molar-refractivity contribution >= 4 is 17.5 Å². The first kappa shape index (κ1) is 15.6. The number of nitrogens with one attached hydrogen (secondary N) is 1. The molecule has 0 spiro atoms. The molecule has 1 rings (SSSR count). The second kappa shape index (κ2) is 6.64. The molecule has 1 amide bonds. The van der Waals surface area contributed by atoms with Crippen LogP contribution in [0.4, 0.5) is 0 Å². The Morgan fingerprint density at radius 2 is 2.32 bits per heavy atom. The number of terminal acetylenes is 1. The van der Waals surface area contributed by atoms with Crippen molar-refractivity contribution in [1.29, 1.82) is 0 Å². The van der Waals surface area contributed by atoms with Crippen LogP contribution in [0, 0.1) is 29.7 Å². The van der Waals surface area contributed by atoms with Gasteiger partial charge in [0.05, 0.1) is 0 Å². The fourth-order valence-corrected chi connectivity index (χ4v) is 2.60. The molecular weight excluding hydrogens is 260 g/mol. The van der Waals surface area contributed by atoms with E-state index >= 15 is 0 Å². The molecule has 0 aromatic heterocycles. The molecule has 0 saturated heterocycles. The molecule has 0 aromatic rings. The Morgan fingerprint density at radius 3 is 2.89 bits per heavy atom. The van der Waals surface area contributed by atoms with Crippen molar-refractivity contribution in [2.24, 2.45) is 11.3 Å². The van der Waals surface area contributed by atoms with Crippen molar-refractivity contribution in [3.05, 3.63) is 16.1 Å². The average molecular weight is 280 g/mol. The van der Waals surface area contributed by atoms with Gasteiger partial charge in [0.2, 0.25) is 5.91 Å². The minimum absolute atomic E-state index is 0.0485. The molecule has 0 fully saturated rings. The molecule has 3 nitrogen and oxygen atoms in total. The maximum absolute atomic E-state index is 11.5. The van der Waals surface area contributed by atoms with Gasteiger partial charge in [-0.1, -0.05) is 25.6 Å². The first-order valence-corrected chi connectivity index (χ1v) is 6.88. The SMILES string of the molecule is C#CC[N+]#CC1=C(NC(=O)CCl)CC(C)(C)CC1C. The second-order valence-corrected chi connectivity index (χ2v) is 5.92. The van der Waals surface area contributed by atoms with Crippen LogP contribution in [0.3, 0.4) is 0 Å². The summed E-state index contributed by atoms with van der Waals surface area (Å²) in [6.07, 6.45) is 6.99. The maximum atomic E-state index is 11.5. The van der Waals surface area contributed by atoms with Gasteiger partial charge in [0.15, 0.2) is 0 Å². The Bertz CT molecular complexity index is 489. The van der Waals surface area contributed by atoms with Crippen LogP contribution in [0.1, 0.15) is 33.6 Å². The zero-order valence-corrected chi connectivity index (χ0v) is 12.5. The van der Waals surface area contributed by atoms with Gasteiger partial charge < -0.3 is 5.32 Å². The van der Waals surface area contributed by atoms with E-state index in [1.807, 2.05) is 0 Å². The Hall–Kier alpha value is -1.45. The Kier molecular flexibility index (Phi) is 5.45. The van der Waals surface area contributed by atoms with Crippen LogP contribution in [0.5, 0.6) is 0 Å². The van der Waals surface area contributed by atoms with E-state index in [1.54, 1.807) is 0 Å². The Morgan fingerprint density at radius 1 is 1.63 bits per heavy atom. The van der Waals surface area contributed by atoms with E-state index in [9.17, 15) is 4.79 Å². The highest BCUT2D eigenvalue weighted by atomic mass is 35.5. The van der Waals surface area contributed by atoms with Crippen LogP contribution in [0.2, 0.25) is 0 Å². The molecule has 0 bridgehead atoms. The molecule has 1 N–H and O–H groups in total. The number of hydrogen-bond donors (Lipinski definition) is 1. The molecule has 4 heteroatoms. The summed E-state index contributed by atoms with van der Waals surface area (Å²) in [6, 6.07) is 2.99. The molecule has 1 unspecified atom stereocenters. The van der Waals surface area contributed by atoms with Gasteiger partial charge in [0, 0.05) is 5.70 Å². The number of rotatable bonds is 2. The quantitative estimate of drug-likeness (QED) is 0.612. The van der Waals surface area contributed by atoms with Crippen LogP contribution in [0.25, 0.3) is 4.85 Å². The first-order chi connectivity index (χ1) is 8.89. The summed E-state index contributed by atoms with van der Waals surface area (Å²) < 4.78 is 0. The summed E-state index contributed by atoms with van der Waals surface area (Å²) in [5.41, 5.74) is 1.95. The number of amides is 1. The third-order valence-electron chi connectivity index (χ3n) is 3.11. The van der Waals surface area contributed by atoms with E-state index < -0.39 is 0 Å². The average Bonchev–Trinajstić information content (AvgIpc) is 2.31. The summed E-state index contributed by atoms with van der Waals surface area (Å²) in [5.74, 6) is 2.49. The summed E-state index contributed by atoms with van der Waals surface area (Å²) in [7, 11) is 0. The van der Waals surface area contributed by atoms with Crippen LogP contribution < -0.4 is 5.32 Å². The summed E-state index contributed by atoms with van der Waals surface area (Å²) >= 11 is 5.55. The number of carbonyl (C=O) groups is 1. The highest BCUT2D eigenvalue weighted by molar-refractivity contribution is 6.27. The van der Waals surface area contributed by atoms with Crippen LogP contribution in [-0.4, -0.2) is 18.3 Å². The van der Waals surface area contributed by atoms with E-state index in [0.717, 1.165) is 24.1 Å². The molecule has 0 radical (unpaired) electrons. The summed E-state index contributed by atoms with van der Waals surface area (Å²) in [4.78, 5) is 15.6. The first-order valence-electron chi connectivity index (χ1n) is 6.34. The molecular formula is C15H20ClN2O+.